The third-order valence-corrected chi connectivity index (χ3v) is 10.2. The minimum atomic E-state index is -4.50. The van der Waals surface area contributed by atoms with Crippen LogP contribution in [0.3, 0.4) is 0 Å². The molecule has 0 saturated heterocycles. The molecule has 3 atom stereocenters. The average molecular weight is 737 g/mol. The zero-order chi connectivity index (χ0) is 36.8. The molecule has 3 N–H and O–H groups in total. The van der Waals surface area contributed by atoms with Crippen LogP contribution in [0.1, 0.15) is 206 Å². The molecule has 300 valence electrons. The van der Waals surface area contributed by atoms with E-state index in [0.29, 0.717) is 6.61 Å². The maximum Gasteiger partial charge on any atom is 0.472 e. The highest BCUT2D eigenvalue weighted by Crippen LogP contribution is 2.43. The molecule has 0 rings (SSSR count). The first-order chi connectivity index (χ1) is 24.3. The lowest BCUT2D eigenvalue weighted by molar-refractivity contribution is -0.154. The van der Waals surface area contributed by atoms with Crippen LogP contribution in [0.2, 0.25) is 0 Å². The van der Waals surface area contributed by atoms with Gasteiger partial charge < -0.3 is 24.6 Å². The number of ether oxygens (including phenoxy) is 2. The molecular weight excluding hydrogens is 655 g/mol. The van der Waals surface area contributed by atoms with Crippen molar-refractivity contribution in [3.63, 3.8) is 0 Å². The number of hydrogen-bond donors (Lipinski definition) is 3. The molecule has 0 aliphatic rings. The van der Waals surface area contributed by atoms with E-state index < -0.39 is 33.2 Å². The summed E-state index contributed by atoms with van der Waals surface area (Å²) >= 11 is 0. The van der Waals surface area contributed by atoms with Crippen LogP contribution in [0.4, 0.5) is 0 Å². The van der Waals surface area contributed by atoms with Gasteiger partial charge in [-0.05, 0) is 12.8 Å². The molecule has 0 radical (unpaired) electrons. The van der Waals surface area contributed by atoms with Crippen LogP contribution in [-0.4, -0.2) is 66.3 Å². The van der Waals surface area contributed by atoms with Crippen molar-refractivity contribution in [2.75, 3.05) is 33.0 Å². The van der Waals surface area contributed by atoms with Gasteiger partial charge in [-0.2, -0.15) is 0 Å². The van der Waals surface area contributed by atoms with Crippen LogP contribution >= 0.6 is 7.82 Å². The van der Waals surface area contributed by atoms with E-state index in [2.05, 4.69) is 13.8 Å². The minimum absolute atomic E-state index is 0.0579. The molecule has 0 aromatic rings. The first kappa shape index (κ1) is 49.5. The van der Waals surface area contributed by atoms with Gasteiger partial charge in [0.2, 0.25) is 0 Å². The highest BCUT2D eigenvalue weighted by molar-refractivity contribution is 7.47. The zero-order valence-corrected chi connectivity index (χ0v) is 33.5. The van der Waals surface area contributed by atoms with Crippen LogP contribution in [0, 0.1) is 0 Å². The number of hydrogen-bond acceptors (Lipinski definition) is 8. The molecule has 0 amide bonds. The van der Waals surface area contributed by atoms with Crippen molar-refractivity contribution in [3.05, 3.63) is 0 Å². The van der Waals surface area contributed by atoms with E-state index in [4.69, 9.17) is 23.6 Å². The van der Waals surface area contributed by atoms with Crippen molar-refractivity contribution in [1.82, 2.24) is 0 Å². The topological polar surface area (TPSA) is 132 Å². The molecule has 3 unspecified atom stereocenters. The van der Waals surface area contributed by atoms with Crippen molar-refractivity contribution in [2.24, 2.45) is 0 Å². The first-order valence-corrected chi connectivity index (χ1v) is 22.5. The maximum atomic E-state index is 12.6. The van der Waals surface area contributed by atoms with Gasteiger partial charge in [-0.15, -0.1) is 0 Å². The molecule has 0 aliphatic carbocycles. The maximum absolute atomic E-state index is 12.6. The number of carbonyl (C=O) groups excluding carboxylic acids is 1. The number of unbranched alkanes of at least 4 members (excludes halogenated alkanes) is 27. The fourth-order valence-corrected chi connectivity index (χ4v) is 6.85. The van der Waals surface area contributed by atoms with E-state index in [9.17, 15) is 19.4 Å². The van der Waals surface area contributed by atoms with Gasteiger partial charge in [-0.3, -0.25) is 13.8 Å². The molecule has 9 nitrogen and oxygen atoms in total. The van der Waals surface area contributed by atoms with Crippen molar-refractivity contribution in [2.45, 2.75) is 219 Å². The third-order valence-electron chi connectivity index (χ3n) is 9.29. The number of carbonyl (C=O) groups is 1. The highest BCUT2D eigenvalue weighted by atomic mass is 31.2. The van der Waals surface area contributed by atoms with E-state index in [-0.39, 0.29) is 25.6 Å². The normalized spacial score (nSPS) is 14.1. The van der Waals surface area contributed by atoms with Gasteiger partial charge in [0.15, 0.2) is 0 Å². The lowest BCUT2D eigenvalue weighted by Crippen LogP contribution is -2.29. The largest absolute Gasteiger partial charge is 0.472 e. The molecule has 0 fully saturated rings. The van der Waals surface area contributed by atoms with Crippen molar-refractivity contribution < 1.29 is 43.0 Å². The van der Waals surface area contributed by atoms with Crippen LogP contribution < -0.4 is 0 Å². The molecule has 0 heterocycles. The van der Waals surface area contributed by atoms with Crippen molar-refractivity contribution >= 4 is 13.8 Å². The Kier molecular flexibility index (Phi) is 37.8. The summed E-state index contributed by atoms with van der Waals surface area (Å²) in [4.78, 5) is 22.5. The Morgan fingerprint density at radius 3 is 1.30 bits per heavy atom. The summed E-state index contributed by atoms with van der Waals surface area (Å²) in [5.41, 5.74) is 0. The Morgan fingerprint density at radius 1 is 0.540 bits per heavy atom. The van der Waals surface area contributed by atoms with E-state index >= 15 is 0 Å². The van der Waals surface area contributed by atoms with E-state index in [1.54, 1.807) is 0 Å². The predicted molar refractivity (Wildman–Crippen MR) is 205 cm³/mol. The summed E-state index contributed by atoms with van der Waals surface area (Å²) in [6.45, 7) is 3.57. The smallest absolute Gasteiger partial charge is 0.457 e. The Bertz CT molecular complexity index is 754. The molecule has 0 spiro atoms. The molecule has 50 heavy (non-hydrogen) atoms. The molecule has 0 aromatic heterocycles. The Balaban J connectivity index is 4.14. The number of esters is 1. The Hall–Kier alpha value is -0.540. The number of rotatable bonds is 41. The van der Waals surface area contributed by atoms with Crippen LogP contribution in [0.5, 0.6) is 0 Å². The Morgan fingerprint density at radius 2 is 0.900 bits per heavy atom. The van der Waals surface area contributed by atoms with E-state index in [1.165, 1.54) is 154 Å². The second kappa shape index (κ2) is 38.2. The quantitative estimate of drug-likeness (QED) is 0.0319. The average Bonchev–Trinajstić information content (AvgIpc) is 3.10. The molecule has 0 bridgehead atoms. The van der Waals surface area contributed by atoms with Gasteiger partial charge >= 0.3 is 13.8 Å². The summed E-state index contributed by atoms with van der Waals surface area (Å²) in [5.74, 6) is -0.377. The standard InChI is InChI=1S/C40H81O9P/c1-3-5-7-9-11-13-15-17-19-21-23-25-27-29-31-33-46-36-39(37-48-50(44,45)47-35-38(42)34-41)49-40(43)32-30-28-26-24-22-20-18-16-14-12-10-8-6-4-2/h38-39,41-42H,3-37H2,1-2H3,(H,44,45). The van der Waals surface area contributed by atoms with Gasteiger partial charge in [0.1, 0.15) is 12.2 Å². The zero-order valence-electron chi connectivity index (χ0n) is 32.6. The number of aliphatic hydroxyl groups excluding tert-OH is 2. The summed E-state index contributed by atoms with van der Waals surface area (Å²) in [7, 11) is -4.50. The minimum Gasteiger partial charge on any atom is -0.457 e. The lowest BCUT2D eigenvalue weighted by atomic mass is 10.0. The van der Waals surface area contributed by atoms with Crippen LogP contribution in [0.25, 0.3) is 0 Å². The van der Waals surface area contributed by atoms with Crippen molar-refractivity contribution in [3.8, 4) is 0 Å². The van der Waals surface area contributed by atoms with Gasteiger partial charge in [-0.1, -0.05) is 187 Å². The van der Waals surface area contributed by atoms with Crippen LogP contribution in [-0.2, 0) is 27.9 Å². The summed E-state index contributed by atoms with van der Waals surface area (Å²) in [6.07, 6.45) is 34.8. The molecule has 0 aliphatic heterocycles. The third kappa shape index (κ3) is 37.2. The summed E-state index contributed by atoms with van der Waals surface area (Å²) < 4.78 is 33.3. The predicted octanol–water partition coefficient (Wildman–Crippen LogP) is 11.1. The second-order valence-corrected chi connectivity index (χ2v) is 15.8. The summed E-state index contributed by atoms with van der Waals surface area (Å²) in [5, 5.41) is 18.3. The number of phosphoric ester groups is 1. The van der Waals surface area contributed by atoms with E-state index in [1.807, 2.05) is 0 Å². The molecule has 0 aromatic carbocycles. The fourth-order valence-electron chi connectivity index (χ4n) is 6.06. The summed E-state index contributed by atoms with van der Waals surface area (Å²) in [6, 6.07) is 0. The van der Waals surface area contributed by atoms with Crippen LogP contribution in [0.15, 0.2) is 0 Å². The van der Waals surface area contributed by atoms with Gasteiger partial charge in [-0.25, -0.2) is 4.57 Å². The number of aliphatic hydroxyl groups is 2. The Labute approximate surface area is 308 Å². The lowest BCUT2D eigenvalue weighted by Gasteiger charge is -2.20. The monoisotopic (exact) mass is 737 g/mol. The molecular formula is C40H81O9P. The molecule has 10 heteroatoms. The van der Waals surface area contributed by atoms with Gasteiger partial charge in [0.25, 0.3) is 0 Å². The van der Waals surface area contributed by atoms with Gasteiger partial charge in [0, 0.05) is 13.0 Å². The SMILES string of the molecule is CCCCCCCCCCCCCCCCCOCC(COP(=O)(O)OCC(O)CO)OC(=O)CCCCCCCCCCCCCCCC. The van der Waals surface area contributed by atoms with E-state index in [0.717, 1.165) is 32.1 Å². The van der Waals surface area contributed by atoms with Gasteiger partial charge in [0.05, 0.1) is 26.4 Å². The van der Waals surface area contributed by atoms with Crippen molar-refractivity contribution in [1.29, 1.82) is 0 Å². The molecule has 0 saturated carbocycles. The number of phosphoric acid groups is 1. The first-order valence-electron chi connectivity index (χ1n) is 21.0. The highest BCUT2D eigenvalue weighted by Gasteiger charge is 2.26. The fraction of sp³-hybridized carbons (Fsp3) is 0.975. The second-order valence-electron chi connectivity index (χ2n) is 14.4.